The number of anilines is 1. The van der Waals surface area contributed by atoms with Gasteiger partial charge in [0.1, 0.15) is 17.2 Å². The highest BCUT2D eigenvalue weighted by Gasteiger charge is 2.70. The molecular weight excluding hydrogens is 701 g/mol. The standard InChI is InChI=1S/C37H33Cl2N3O9/c1-50-21-7-3-18(4-8-21)37-26(34(47)42(36(37)49)40-28-12-5-19(38)15-27(28)39)17-25-22(32(37)23-9-6-20(43)16-29(23)51-2)10-11-24-31(25)35(48)41(33(24)46)14-13-30(44)45/h3-10,12,15-16,24-26,31-32,40,43H,11,13-14,17H2,1-2H3,(H,44,45). The van der Waals surface area contributed by atoms with Crippen LogP contribution in [-0.4, -0.2) is 70.5 Å². The maximum Gasteiger partial charge on any atom is 0.305 e. The third-order valence-electron chi connectivity index (χ3n) is 10.7. The van der Waals surface area contributed by atoms with E-state index in [1.807, 2.05) is 6.08 Å². The number of imide groups is 2. The van der Waals surface area contributed by atoms with E-state index in [0.717, 1.165) is 9.91 Å². The lowest BCUT2D eigenvalue weighted by Gasteiger charge is -2.50. The molecule has 6 atom stereocenters. The van der Waals surface area contributed by atoms with Gasteiger partial charge in [-0.2, -0.15) is 5.01 Å². The van der Waals surface area contributed by atoms with E-state index < -0.39 is 71.0 Å². The molecule has 1 saturated carbocycles. The Labute approximate surface area is 302 Å². The van der Waals surface area contributed by atoms with Gasteiger partial charge in [-0.05, 0) is 60.7 Å². The summed E-state index contributed by atoms with van der Waals surface area (Å²) < 4.78 is 11.2. The van der Waals surface area contributed by atoms with E-state index in [1.54, 1.807) is 42.5 Å². The normalized spacial score (nSPS) is 26.7. The van der Waals surface area contributed by atoms with E-state index in [4.69, 9.17) is 32.7 Å². The molecule has 0 bridgehead atoms. The molecule has 3 aromatic carbocycles. The number of phenols is 1. The summed E-state index contributed by atoms with van der Waals surface area (Å²) in [4.78, 5) is 70.2. The first-order valence-electron chi connectivity index (χ1n) is 16.3. The van der Waals surface area contributed by atoms with Crippen LogP contribution < -0.4 is 14.9 Å². The van der Waals surface area contributed by atoms with Crippen LogP contribution >= 0.6 is 23.2 Å². The number of halogens is 2. The maximum atomic E-state index is 15.3. The van der Waals surface area contributed by atoms with Crippen molar-refractivity contribution in [3.63, 3.8) is 0 Å². The molecule has 0 spiro atoms. The van der Waals surface area contributed by atoms with Gasteiger partial charge in [0.2, 0.25) is 11.8 Å². The Balaban J connectivity index is 1.45. The number of nitrogens with zero attached hydrogens (tertiary/aromatic N) is 2. The predicted octanol–water partition coefficient (Wildman–Crippen LogP) is 5.18. The lowest BCUT2D eigenvalue weighted by atomic mass is 9.49. The largest absolute Gasteiger partial charge is 0.508 e. The summed E-state index contributed by atoms with van der Waals surface area (Å²) in [6.07, 6.45) is 1.66. The van der Waals surface area contributed by atoms with Crippen molar-refractivity contribution >= 4 is 58.5 Å². The number of carbonyl (C=O) groups excluding carboxylic acids is 4. The number of benzene rings is 3. The molecule has 7 rings (SSSR count). The molecule has 14 heteroatoms. The first-order chi connectivity index (χ1) is 24.4. The Morgan fingerprint density at radius 1 is 0.941 bits per heavy atom. The number of nitrogens with one attached hydrogen (secondary N) is 1. The van der Waals surface area contributed by atoms with Gasteiger partial charge in [-0.25, -0.2) is 0 Å². The fraction of sp³-hybridized carbons (Fsp3) is 0.324. The topological polar surface area (TPSA) is 163 Å². The number of hydrogen-bond donors (Lipinski definition) is 3. The van der Waals surface area contributed by atoms with Crippen LogP contribution in [0.15, 0.2) is 72.3 Å². The molecule has 2 aliphatic heterocycles. The number of carbonyl (C=O) groups is 5. The highest BCUT2D eigenvalue weighted by atomic mass is 35.5. The van der Waals surface area contributed by atoms with Crippen LogP contribution in [0.3, 0.4) is 0 Å². The summed E-state index contributed by atoms with van der Waals surface area (Å²) in [5.41, 5.74) is 3.22. The van der Waals surface area contributed by atoms with Crippen LogP contribution in [0.25, 0.3) is 0 Å². The molecule has 264 valence electrons. The fourth-order valence-electron chi connectivity index (χ4n) is 8.62. The second-order valence-corrected chi connectivity index (χ2v) is 14.0. The number of hydrazine groups is 1. The van der Waals surface area contributed by atoms with Crippen molar-refractivity contribution in [1.29, 1.82) is 0 Å². The van der Waals surface area contributed by atoms with Crippen LogP contribution in [-0.2, 0) is 29.4 Å². The van der Waals surface area contributed by atoms with Crippen molar-refractivity contribution in [2.45, 2.75) is 30.6 Å². The second-order valence-electron chi connectivity index (χ2n) is 13.1. The summed E-state index contributed by atoms with van der Waals surface area (Å²) in [6, 6.07) is 16.0. The Morgan fingerprint density at radius 3 is 2.35 bits per heavy atom. The van der Waals surface area contributed by atoms with E-state index in [9.17, 15) is 29.4 Å². The molecule has 0 aromatic heterocycles. The van der Waals surface area contributed by atoms with Gasteiger partial charge >= 0.3 is 5.97 Å². The van der Waals surface area contributed by atoms with Crippen LogP contribution in [0, 0.1) is 23.7 Å². The second kappa shape index (κ2) is 12.9. The molecule has 2 heterocycles. The SMILES string of the molecule is COc1ccc(C23C(=O)N(Nc4ccc(Cl)cc4Cl)C(=O)C2CC2C(=CCC4C(=O)N(CCC(=O)O)C(=O)C42)C3c2ccc(O)cc2OC)cc1. The predicted molar refractivity (Wildman–Crippen MR) is 184 cm³/mol. The summed E-state index contributed by atoms with van der Waals surface area (Å²) in [6.45, 7) is -0.270. The van der Waals surface area contributed by atoms with Crippen LogP contribution in [0.1, 0.15) is 36.3 Å². The number of methoxy groups -OCH3 is 2. The Hall–Kier alpha value is -5.07. The van der Waals surface area contributed by atoms with Crippen molar-refractivity contribution in [3.05, 3.63) is 93.5 Å². The van der Waals surface area contributed by atoms with Gasteiger partial charge < -0.3 is 19.7 Å². The van der Waals surface area contributed by atoms with Crippen molar-refractivity contribution in [3.8, 4) is 17.2 Å². The zero-order valence-corrected chi connectivity index (χ0v) is 29.0. The molecule has 2 saturated heterocycles. The number of hydrogen-bond acceptors (Lipinski definition) is 9. The Bertz CT molecular complexity index is 2020. The molecule has 51 heavy (non-hydrogen) atoms. The number of ether oxygens (including phenoxy) is 2. The first kappa shape index (κ1) is 34.4. The number of carboxylic acids is 1. The number of likely N-dealkylation sites (tertiary alicyclic amines) is 1. The smallest absolute Gasteiger partial charge is 0.305 e. The summed E-state index contributed by atoms with van der Waals surface area (Å²) in [5, 5.41) is 21.3. The Kier molecular flexibility index (Phi) is 8.71. The number of rotatable bonds is 9. The highest BCUT2D eigenvalue weighted by molar-refractivity contribution is 6.36. The van der Waals surface area contributed by atoms with E-state index in [2.05, 4.69) is 5.43 Å². The number of amides is 4. The third-order valence-corrected chi connectivity index (χ3v) is 11.3. The summed E-state index contributed by atoms with van der Waals surface area (Å²) in [7, 11) is 2.94. The molecule has 3 N–H and O–H groups in total. The zero-order valence-electron chi connectivity index (χ0n) is 27.5. The molecule has 6 unspecified atom stereocenters. The highest BCUT2D eigenvalue weighted by Crippen LogP contribution is 2.65. The van der Waals surface area contributed by atoms with E-state index in [0.29, 0.717) is 27.5 Å². The van der Waals surface area contributed by atoms with Gasteiger partial charge in [-0.1, -0.05) is 53.1 Å². The number of aromatic hydroxyl groups is 1. The van der Waals surface area contributed by atoms with Crippen LogP contribution in [0.5, 0.6) is 17.2 Å². The van der Waals surface area contributed by atoms with Gasteiger partial charge in [-0.15, -0.1) is 0 Å². The van der Waals surface area contributed by atoms with Gasteiger partial charge in [0, 0.05) is 29.1 Å². The number of aliphatic carboxylic acids is 1. The average Bonchev–Trinajstić information content (AvgIpc) is 3.48. The minimum Gasteiger partial charge on any atom is -0.508 e. The van der Waals surface area contributed by atoms with E-state index in [-0.39, 0.29) is 41.6 Å². The molecule has 3 fully saturated rings. The minimum absolute atomic E-state index is 0.0266. The van der Waals surface area contributed by atoms with Gasteiger partial charge in [0.15, 0.2) is 0 Å². The molecule has 12 nitrogen and oxygen atoms in total. The third kappa shape index (κ3) is 5.31. The van der Waals surface area contributed by atoms with Crippen molar-refractivity contribution in [2.24, 2.45) is 23.7 Å². The van der Waals surface area contributed by atoms with Crippen molar-refractivity contribution in [1.82, 2.24) is 9.91 Å². The number of fused-ring (bicyclic) bond motifs is 4. The molecule has 4 aliphatic rings. The molecule has 0 radical (unpaired) electrons. The summed E-state index contributed by atoms with van der Waals surface area (Å²) in [5.74, 6) is -6.91. The zero-order chi connectivity index (χ0) is 36.4. The molecule has 4 amide bonds. The van der Waals surface area contributed by atoms with Gasteiger partial charge in [-0.3, -0.25) is 34.3 Å². The maximum absolute atomic E-state index is 15.3. The molecule has 2 aliphatic carbocycles. The lowest BCUT2D eigenvalue weighted by Crippen LogP contribution is -2.53. The van der Waals surface area contributed by atoms with E-state index in [1.165, 1.54) is 32.4 Å². The number of phenolic OH excluding ortho intramolecular Hbond substituents is 1. The Morgan fingerprint density at radius 2 is 1.69 bits per heavy atom. The van der Waals surface area contributed by atoms with Crippen LogP contribution in [0.2, 0.25) is 10.0 Å². The average molecular weight is 735 g/mol. The van der Waals surface area contributed by atoms with Gasteiger partial charge in [0.05, 0.1) is 54.5 Å². The lowest BCUT2D eigenvalue weighted by molar-refractivity contribution is -0.143. The fourth-order valence-corrected chi connectivity index (χ4v) is 9.07. The number of allylic oxidation sites excluding steroid dienone is 2. The van der Waals surface area contributed by atoms with E-state index >= 15 is 4.79 Å². The minimum atomic E-state index is -1.62. The molecular formula is C37H33Cl2N3O9. The number of carboxylic acid groups (broad SMARTS) is 1. The van der Waals surface area contributed by atoms with Crippen molar-refractivity contribution in [2.75, 3.05) is 26.2 Å². The van der Waals surface area contributed by atoms with Crippen LogP contribution in [0.4, 0.5) is 5.69 Å². The first-order valence-corrected chi connectivity index (χ1v) is 17.1. The van der Waals surface area contributed by atoms with Crippen molar-refractivity contribution < 1.29 is 43.7 Å². The monoisotopic (exact) mass is 733 g/mol. The molecule has 3 aromatic rings. The quantitative estimate of drug-likeness (QED) is 0.197. The summed E-state index contributed by atoms with van der Waals surface area (Å²) >= 11 is 12.6. The van der Waals surface area contributed by atoms with Gasteiger partial charge in [0.25, 0.3) is 11.8 Å².